The van der Waals surface area contributed by atoms with Crippen molar-refractivity contribution in [3.63, 3.8) is 0 Å². The highest BCUT2D eigenvalue weighted by Gasteiger charge is 2.31. The molecule has 0 fully saturated rings. The van der Waals surface area contributed by atoms with Crippen LogP contribution in [0.4, 0.5) is 0 Å². The van der Waals surface area contributed by atoms with Crippen LogP contribution in [0.15, 0.2) is 65.2 Å². The zero-order chi connectivity index (χ0) is 27.4. The summed E-state index contributed by atoms with van der Waals surface area (Å²) in [5.41, 5.74) is 1.70. The second kappa shape index (κ2) is 11.8. The Morgan fingerprint density at radius 2 is 1.74 bits per heavy atom. The van der Waals surface area contributed by atoms with Gasteiger partial charge in [0.15, 0.2) is 11.5 Å². The van der Waals surface area contributed by atoms with Crippen molar-refractivity contribution in [1.29, 1.82) is 0 Å². The molecule has 4 rings (SSSR count). The first-order valence-corrected chi connectivity index (χ1v) is 12.4. The highest BCUT2D eigenvalue weighted by atomic mass is 35.5. The molecule has 1 aromatic heterocycles. The lowest BCUT2D eigenvalue weighted by Gasteiger charge is -2.22. The molecule has 3 aromatic carbocycles. The first-order chi connectivity index (χ1) is 18.2. The number of halogens is 3. The van der Waals surface area contributed by atoms with Crippen molar-refractivity contribution >= 4 is 46.7 Å². The van der Waals surface area contributed by atoms with Gasteiger partial charge in [-0.2, -0.15) is 5.06 Å². The minimum atomic E-state index is -0.996. The van der Waals surface area contributed by atoms with E-state index in [-0.39, 0.29) is 45.8 Å². The number of ether oxygens (including phenoxy) is 1. The number of nitrogens with zero attached hydrogens (tertiary/aromatic N) is 2. The smallest absolute Gasteiger partial charge is 0.307 e. The molecular formula is C27H21Cl3N2O6. The van der Waals surface area contributed by atoms with Gasteiger partial charge in [-0.3, -0.25) is 9.59 Å². The van der Waals surface area contributed by atoms with E-state index in [1.54, 1.807) is 62.6 Å². The van der Waals surface area contributed by atoms with Crippen molar-refractivity contribution < 1.29 is 28.8 Å². The molecule has 0 bridgehead atoms. The maximum Gasteiger partial charge on any atom is 0.307 e. The number of benzene rings is 3. The molecule has 1 N–H and O–H groups in total. The van der Waals surface area contributed by atoms with Gasteiger partial charge in [-0.25, -0.2) is 0 Å². The number of carboxylic acid groups (broad SMARTS) is 1. The number of carbonyl (C=O) groups excluding carboxylic acids is 1. The summed E-state index contributed by atoms with van der Waals surface area (Å²) in [6, 6.07) is 16.3. The molecule has 38 heavy (non-hydrogen) atoms. The zero-order valence-corrected chi connectivity index (χ0v) is 22.5. The van der Waals surface area contributed by atoms with E-state index in [2.05, 4.69) is 5.16 Å². The molecule has 196 valence electrons. The van der Waals surface area contributed by atoms with Crippen LogP contribution >= 0.6 is 34.8 Å². The third-order valence-corrected chi connectivity index (χ3v) is 6.36. The summed E-state index contributed by atoms with van der Waals surface area (Å²) in [6.07, 6.45) is -0.207. The lowest BCUT2D eigenvalue weighted by atomic mass is 10.00. The van der Waals surface area contributed by atoms with Gasteiger partial charge in [-0.05, 0) is 61.0 Å². The van der Waals surface area contributed by atoms with Crippen LogP contribution in [0, 0.1) is 0 Å². The predicted molar refractivity (Wildman–Crippen MR) is 144 cm³/mol. The van der Waals surface area contributed by atoms with Crippen molar-refractivity contribution in [3.8, 4) is 34.1 Å². The SMILES string of the molecule is CCN(Oc1ccc(Cl)cc1Cl)C(=O)c1c(-c2ccc(CC(=O)O)cc2Cl)noc1-c1ccc(OC)cc1. The third kappa shape index (κ3) is 5.88. The Kier molecular flexibility index (Phi) is 8.46. The van der Waals surface area contributed by atoms with Gasteiger partial charge < -0.3 is 19.2 Å². The van der Waals surface area contributed by atoms with Crippen LogP contribution in [-0.2, 0) is 11.2 Å². The largest absolute Gasteiger partial charge is 0.497 e. The van der Waals surface area contributed by atoms with E-state index in [0.29, 0.717) is 27.5 Å². The standard InChI is InChI=1S/C27H21Cl3N2O6/c1-3-32(38-22-11-7-17(28)14-21(22)30)27(35)24-25(19-10-4-15(12-20(19)29)13-23(33)34)31-37-26(24)16-5-8-18(36-2)9-6-16/h4-12,14H,3,13H2,1-2H3,(H,33,34). The quantitative estimate of drug-likeness (QED) is 0.213. The number of carboxylic acids is 1. The van der Waals surface area contributed by atoms with E-state index in [1.165, 1.54) is 12.1 Å². The minimum Gasteiger partial charge on any atom is -0.497 e. The van der Waals surface area contributed by atoms with Crippen molar-refractivity contribution in [1.82, 2.24) is 10.2 Å². The van der Waals surface area contributed by atoms with Crippen molar-refractivity contribution in [2.24, 2.45) is 0 Å². The van der Waals surface area contributed by atoms with E-state index < -0.39 is 11.9 Å². The molecule has 0 atom stereocenters. The first-order valence-electron chi connectivity index (χ1n) is 11.3. The van der Waals surface area contributed by atoms with Gasteiger partial charge in [-0.15, -0.1) is 0 Å². The zero-order valence-electron chi connectivity index (χ0n) is 20.2. The highest BCUT2D eigenvalue weighted by Crippen LogP contribution is 2.38. The number of rotatable bonds is 9. The van der Waals surface area contributed by atoms with Crippen LogP contribution < -0.4 is 9.57 Å². The number of methoxy groups -OCH3 is 1. The minimum absolute atomic E-state index is 0.0926. The second-order valence-corrected chi connectivity index (χ2v) is 9.27. The Morgan fingerprint density at radius 3 is 2.34 bits per heavy atom. The molecule has 1 heterocycles. The van der Waals surface area contributed by atoms with Crippen LogP contribution in [0.1, 0.15) is 22.8 Å². The molecule has 0 saturated heterocycles. The topological polar surface area (TPSA) is 102 Å². The van der Waals surface area contributed by atoms with E-state index in [9.17, 15) is 9.59 Å². The van der Waals surface area contributed by atoms with Gasteiger partial charge in [0.05, 0.1) is 30.1 Å². The number of aliphatic carboxylic acids is 1. The molecule has 4 aromatic rings. The van der Waals surface area contributed by atoms with Gasteiger partial charge in [-0.1, -0.05) is 52.1 Å². The fourth-order valence-corrected chi connectivity index (χ4v) is 4.42. The lowest BCUT2D eigenvalue weighted by molar-refractivity contribution is -0.136. The maximum atomic E-state index is 13.9. The number of hydroxylamine groups is 2. The van der Waals surface area contributed by atoms with Crippen molar-refractivity contribution in [2.45, 2.75) is 13.3 Å². The average molecular weight is 576 g/mol. The maximum absolute atomic E-state index is 13.9. The molecule has 11 heteroatoms. The summed E-state index contributed by atoms with van der Waals surface area (Å²) >= 11 is 18.8. The van der Waals surface area contributed by atoms with Gasteiger partial charge in [0.2, 0.25) is 0 Å². The predicted octanol–water partition coefficient (Wildman–Crippen LogP) is 7.06. The van der Waals surface area contributed by atoms with Crippen LogP contribution in [0.5, 0.6) is 11.5 Å². The summed E-state index contributed by atoms with van der Waals surface area (Å²) in [7, 11) is 1.55. The highest BCUT2D eigenvalue weighted by molar-refractivity contribution is 6.35. The van der Waals surface area contributed by atoms with Crippen molar-refractivity contribution in [2.75, 3.05) is 13.7 Å². The monoisotopic (exact) mass is 574 g/mol. The van der Waals surface area contributed by atoms with E-state index >= 15 is 0 Å². The molecule has 0 aliphatic heterocycles. The Balaban J connectivity index is 1.82. The summed E-state index contributed by atoms with van der Waals surface area (Å²) in [5, 5.41) is 15.3. The summed E-state index contributed by atoms with van der Waals surface area (Å²) in [5.74, 6) is -0.529. The van der Waals surface area contributed by atoms with Crippen LogP contribution in [-0.4, -0.2) is 40.9 Å². The van der Waals surface area contributed by atoms with E-state index in [4.69, 9.17) is 54.0 Å². The normalized spacial score (nSPS) is 10.8. The lowest BCUT2D eigenvalue weighted by Crippen LogP contribution is -2.34. The van der Waals surface area contributed by atoms with Crippen LogP contribution in [0.3, 0.4) is 0 Å². The van der Waals surface area contributed by atoms with E-state index in [1.807, 2.05) is 0 Å². The molecule has 0 radical (unpaired) electrons. The molecule has 0 saturated carbocycles. The fourth-order valence-electron chi connectivity index (χ4n) is 3.69. The molecule has 1 amide bonds. The fraction of sp³-hybridized carbons (Fsp3) is 0.148. The summed E-state index contributed by atoms with van der Waals surface area (Å²) < 4.78 is 10.9. The first kappa shape index (κ1) is 27.3. The number of hydrogen-bond acceptors (Lipinski definition) is 6. The summed E-state index contributed by atoms with van der Waals surface area (Å²) in [4.78, 5) is 30.9. The molecule has 0 aliphatic rings. The number of aromatic nitrogens is 1. The Bertz CT molecular complexity index is 1490. The van der Waals surface area contributed by atoms with Crippen molar-refractivity contribution in [3.05, 3.63) is 86.9 Å². The second-order valence-electron chi connectivity index (χ2n) is 8.01. The van der Waals surface area contributed by atoms with Crippen LogP contribution in [0.25, 0.3) is 22.6 Å². The van der Waals surface area contributed by atoms with E-state index in [0.717, 1.165) is 5.06 Å². The Morgan fingerprint density at radius 1 is 1.00 bits per heavy atom. The number of carbonyl (C=O) groups is 2. The van der Waals surface area contributed by atoms with Gasteiger partial charge in [0.25, 0.3) is 5.91 Å². The molecular weight excluding hydrogens is 555 g/mol. The number of hydrogen-bond donors (Lipinski definition) is 1. The molecule has 0 spiro atoms. The Hall–Kier alpha value is -3.72. The summed E-state index contributed by atoms with van der Waals surface area (Å²) in [6.45, 7) is 1.88. The molecule has 0 unspecified atom stereocenters. The van der Waals surface area contributed by atoms with Gasteiger partial charge >= 0.3 is 5.97 Å². The van der Waals surface area contributed by atoms with Crippen LogP contribution in [0.2, 0.25) is 15.1 Å². The third-order valence-electron chi connectivity index (χ3n) is 5.52. The van der Waals surface area contributed by atoms with Gasteiger partial charge in [0.1, 0.15) is 17.0 Å². The Labute approximate surface area is 233 Å². The van der Waals surface area contributed by atoms with Gasteiger partial charge in [0, 0.05) is 16.1 Å². The average Bonchev–Trinajstić information content (AvgIpc) is 3.32. The number of amides is 1. The molecule has 8 nitrogen and oxygen atoms in total. The molecule has 0 aliphatic carbocycles.